The van der Waals surface area contributed by atoms with Crippen LogP contribution >= 0.6 is 0 Å². The van der Waals surface area contributed by atoms with Crippen LogP contribution in [0.15, 0.2) is 51.7 Å². The van der Waals surface area contributed by atoms with E-state index in [0.717, 1.165) is 28.0 Å². The van der Waals surface area contributed by atoms with Gasteiger partial charge in [-0.3, -0.25) is 9.78 Å². The van der Waals surface area contributed by atoms with E-state index in [-0.39, 0.29) is 11.6 Å². The lowest BCUT2D eigenvalue weighted by atomic mass is 10.1. The van der Waals surface area contributed by atoms with Gasteiger partial charge in [-0.1, -0.05) is 12.1 Å². The molecule has 4 aromatic rings. The van der Waals surface area contributed by atoms with Crippen LogP contribution in [0.25, 0.3) is 21.9 Å². The molecule has 26 heavy (non-hydrogen) atoms. The van der Waals surface area contributed by atoms with Gasteiger partial charge in [0.25, 0.3) is 5.56 Å². The quantitative estimate of drug-likeness (QED) is 0.578. The van der Waals surface area contributed by atoms with Crippen molar-refractivity contribution in [3.8, 4) is 5.75 Å². The molecule has 0 aliphatic carbocycles. The lowest BCUT2D eigenvalue weighted by Crippen LogP contribution is -2.15. The molecule has 6 nitrogen and oxygen atoms in total. The molecule has 2 heterocycles. The Morgan fingerprint density at radius 2 is 2.00 bits per heavy atom. The number of H-pyrrole nitrogens is 1. The van der Waals surface area contributed by atoms with E-state index in [1.54, 1.807) is 13.2 Å². The maximum absolute atomic E-state index is 12.2. The van der Waals surface area contributed by atoms with Crippen molar-refractivity contribution >= 4 is 27.8 Å². The highest BCUT2D eigenvalue weighted by atomic mass is 16.5. The molecular formula is C20H19N3O3. The van der Waals surface area contributed by atoms with Gasteiger partial charge in [-0.2, -0.15) is 0 Å². The van der Waals surface area contributed by atoms with Gasteiger partial charge in [0.15, 0.2) is 0 Å². The smallest absolute Gasteiger partial charge is 0.260 e. The minimum absolute atomic E-state index is 0.169. The zero-order valence-corrected chi connectivity index (χ0v) is 14.8. The molecule has 0 spiro atoms. The SMILES string of the molecule is COc1ccc2oc(C(C)Nc3nc4ccccc4c(=O)[nH]3)c(C)c2c1. The van der Waals surface area contributed by atoms with E-state index in [1.165, 1.54) is 0 Å². The van der Waals surface area contributed by atoms with Crippen LogP contribution in [-0.4, -0.2) is 17.1 Å². The Morgan fingerprint density at radius 3 is 2.81 bits per heavy atom. The van der Waals surface area contributed by atoms with Crippen LogP contribution in [0.3, 0.4) is 0 Å². The lowest BCUT2D eigenvalue weighted by molar-refractivity contribution is 0.415. The minimum atomic E-state index is -0.170. The summed E-state index contributed by atoms with van der Waals surface area (Å²) in [5.74, 6) is 2.00. The summed E-state index contributed by atoms with van der Waals surface area (Å²) in [6.45, 7) is 3.98. The van der Waals surface area contributed by atoms with E-state index in [4.69, 9.17) is 9.15 Å². The molecule has 0 saturated carbocycles. The van der Waals surface area contributed by atoms with Crippen LogP contribution in [0.4, 0.5) is 5.95 Å². The molecule has 0 radical (unpaired) electrons. The normalized spacial score (nSPS) is 12.4. The predicted octanol–water partition coefficient (Wildman–Crippen LogP) is 4.16. The first kappa shape index (κ1) is 16.2. The van der Waals surface area contributed by atoms with Crippen LogP contribution < -0.4 is 15.6 Å². The van der Waals surface area contributed by atoms with Gasteiger partial charge in [0, 0.05) is 10.9 Å². The molecule has 132 valence electrons. The van der Waals surface area contributed by atoms with E-state index in [9.17, 15) is 4.79 Å². The van der Waals surface area contributed by atoms with Crippen molar-refractivity contribution in [2.75, 3.05) is 12.4 Å². The fourth-order valence-electron chi connectivity index (χ4n) is 3.18. The molecule has 6 heteroatoms. The maximum Gasteiger partial charge on any atom is 0.260 e. The number of aromatic nitrogens is 2. The second kappa shape index (κ2) is 6.22. The number of methoxy groups -OCH3 is 1. The Kier molecular flexibility index (Phi) is 3.88. The number of benzene rings is 2. The summed E-state index contributed by atoms with van der Waals surface area (Å²) >= 11 is 0. The van der Waals surface area contributed by atoms with E-state index >= 15 is 0 Å². The van der Waals surface area contributed by atoms with E-state index < -0.39 is 0 Å². The molecular weight excluding hydrogens is 330 g/mol. The third-order valence-electron chi connectivity index (χ3n) is 4.54. The Morgan fingerprint density at radius 1 is 1.19 bits per heavy atom. The summed E-state index contributed by atoms with van der Waals surface area (Å²) in [6, 6.07) is 12.8. The van der Waals surface area contributed by atoms with Crippen molar-refractivity contribution in [1.29, 1.82) is 0 Å². The Bertz CT molecular complexity index is 1160. The van der Waals surface area contributed by atoms with Crippen molar-refractivity contribution in [2.24, 2.45) is 0 Å². The number of furan rings is 1. The van der Waals surface area contributed by atoms with Gasteiger partial charge in [-0.05, 0) is 44.2 Å². The monoisotopic (exact) mass is 349 g/mol. The van der Waals surface area contributed by atoms with Gasteiger partial charge in [0.2, 0.25) is 5.95 Å². The third-order valence-corrected chi connectivity index (χ3v) is 4.54. The molecule has 0 aliphatic heterocycles. The molecule has 0 saturated heterocycles. The van der Waals surface area contributed by atoms with Crippen molar-refractivity contribution in [1.82, 2.24) is 9.97 Å². The second-order valence-electron chi connectivity index (χ2n) is 6.25. The highest BCUT2D eigenvalue weighted by Gasteiger charge is 2.18. The van der Waals surface area contributed by atoms with Gasteiger partial charge in [-0.25, -0.2) is 4.98 Å². The van der Waals surface area contributed by atoms with Crippen LogP contribution in [0.1, 0.15) is 24.3 Å². The number of anilines is 1. The minimum Gasteiger partial charge on any atom is -0.497 e. The van der Waals surface area contributed by atoms with E-state index in [2.05, 4.69) is 15.3 Å². The van der Waals surface area contributed by atoms with Crippen LogP contribution in [0.5, 0.6) is 5.75 Å². The predicted molar refractivity (Wildman–Crippen MR) is 102 cm³/mol. The largest absolute Gasteiger partial charge is 0.497 e. The molecule has 0 bridgehead atoms. The number of rotatable bonds is 4. The number of aryl methyl sites for hydroxylation is 1. The Labute approximate surface area is 149 Å². The number of para-hydroxylation sites is 1. The number of fused-ring (bicyclic) bond motifs is 2. The number of ether oxygens (including phenoxy) is 1. The summed E-state index contributed by atoms with van der Waals surface area (Å²) in [5, 5.41) is 4.80. The van der Waals surface area contributed by atoms with Gasteiger partial charge in [0.05, 0.1) is 24.1 Å². The number of aromatic amines is 1. The molecule has 2 aromatic heterocycles. The number of nitrogens with one attached hydrogen (secondary N) is 2. The molecule has 1 atom stereocenters. The van der Waals surface area contributed by atoms with Gasteiger partial charge in [0.1, 0.15) is 17.1 Å². The van der Waals surface area contributed by atoms with Crippen LogP contribution in [0.2, 0.25) is 0 Å². The average Bonchev–Trinajstić information content (AvgIpc) is 2.98. The molecule has 0 fully saturated rings. The van der Waals surface area contributed by atoms with Crippen LogP contribution in [0, 0.1) is 6.92 Å². The van der Waals surface area contributed by atoms with Crippen molar-refractivity contribution < 1.29 is 9.15 Å². The highest BCUT2D eigenvalue weighted by Crippen LogP contribution is 2.32. The number of nitrogens with zero attached hydrogens (tertiary/aromatic N) is 1. The summed E-state index contributed by atoms with van der Waals surface area (Å²) in [6.07, 6.45) is 0. The zero-order chi connectivity index (χ0) is 18.3. The summed E-state index contributed by atoms with van der Waals surface area (Å²) < 4.78 is 11.3. The van der Waals surface area contributed by atoms with Gasteiger partial charge >= 0.3 is 0 Å². The third kappa shape index (κ3) is 2.69. The molecule has 4 rings (SSSR count). The van der Waals surface area contributed by atoms with Gasteiger partial charge in [-0.15, -0.1) is 0 Å². The summed E-state index contributed by atoms with van der Waals surface area (Å²) in [4.78, 5) is 19.5. The van der Waals surface area contributed by atoms with Crippen molar-refractivity contribution in [3.63, 3.8) is 0 Å². The summed E-state index contributed by atoms with van der Waals surface area (Å²) in [5.41, 5.74) is 2.31. The van der Waals surface area contributed by atoms with E-state index in [1.807, 2.05) is 50.2 Å². The fraction of sp³-hybridized carbons (Fsp3) is 0.200. The molecule has 0 aliphatic rings. The molecule has 1 unspecified atom stereocenters. The first-order valence-corrected chi connectivity index (χ1v) is 8.39. The van der Waals surface area contributed by atoms with Crippen molar-refractivity contribution in [2.45, 2.75) is 19.9 Å². The lowest BCUT2D eigenvalue weighted by Gasteiger charge is -2.13. The fourth-order valence-corrected chi connectivity index (χ4v) is 3.18. The Hall–Kier alpha value is -3.28. The van der Waals surface area contributed by atoms with Crippen LogP contribution in [-0.2, 0) is 0 Å². The molecule has 2 N–H and O–H groups in total. The number of hydrogen-bond acceptors (Lipinski definition) is 5. The zero-order valence-electron chi connectivity index (χ0n) is 14.8. The van der Waals surface area contributed by atoms with E-state index in [0.29, 0.717) is 16.9 Å². The standard InChI is InChI=1S/C20H19N3O3/c1-11-15-10-13(25-3)8-9-17(15)26-18(11)12(2)21-20-22-16-7-5-4-6-14(16)19(24)23-20/h4-10,12H,1-3H3,(H2,21,22,23,24). The maximum atomic E-state index is 12.2. The number of hydrogen-bond donors (Lipinski definition) is 2. The Balaban J connectivity index is 1.70. The first-order valence-electron chi connectivity index (χ1n) is 8.39. The average molecular weight is 349 g/mol. The second-order valence-corrected chi connectivity index (χ2v) is 6.25. The highest BCUT2D eigenvalue weighted by molar-refractivity contribution is 5.84. The first-order chi connectivity index (χ1) is 12.6. The topological polar surface area (TPSA) is 80.2 Å². The van der Waals surface area contributed by atoms with Gasteiger partial charge < -0.3 is 14.5 Å². The summed E-state index contributed by atoms with van der Waals surface area (Å²) in [7, 11) is 1.64. The van der Waals surface area contributed by atoms with Crippen molar-refractivity contribution in [3.05, 3.63) is 64.1 Å². The molecule has 2 aromatic carbocycles. The molecule has 0 amide bonds.